The second-order valence-electron chi connectivity index (χ2n) is 6.87. The molecule has 2 heterocycles. The van der Waals surface area contributed by atoms with Gasteiger partial charge in [0.1, 0.15) is 30.3 Å². The fourth-order valence-electron chi connectivity index (χ4n) is 2.96. The van der Waals surface area contributed by atoms with Crippen molar-refractivity contribution in [3.8, 4) is 5.75 Å². The van der Waals surface area contributed by atoms with E-state index in [4.69, 9.17) is 23.7 Å². The second-order valence-corrected chi connectivity index (χ2v) is 6.87. The molecular weight excluding hydrogens is 406 g/mol. The van der Waals surface area contributed by atoms with Crippen LogP contribution in [-0.4, -0.2) is 59.1 Å². The lowest BCUT2D eigenvalue weighted by Gasteiger charge is -2.31. The first-order valence-electron chi connectivity index (χ1n) is 9.71. The van der Waals surface area contributed by atoms with Crippen molar-refractivity contribution in [2.24, 2.45) is 0 Å². The van der Waals surface area contributed by atoms with Gasteiger partial charge in [0.25, 0.3) is 0 Å². The van der Waals surface area contributed by atoms with Crippen LogP contribution in [0.5, 0.6) is 5.75 Å². The number of methoxy groups -OCH3 is 1. The second kappa shape index (κ2) is 10.7. The zero-order valence-electron chi connectivity index (χ0n) is 17.6. The van der Waals surface area contributed by atoms with Crippen LogP contribution in [0.3, 0.4) is 0 Å². The average molecular weight is 431 g/mol. The van der Waals surface area contributed by atoms with Crippen LogP contribution in [0.15, 0.2) is 42.6 Å². The maximum absolute atomic E-state index is 11.3. The Morgan fingerprint density at radius 3 is 2.77 bits per heavy atom. The first-order valence-corrected chi connectivity index (χ1v) is 9.71. The summed E-state index contributed by atoms with van der Waals surface area (Å²) in [6.45, 7) is 3.23. The zero-order valence-corrected chi connectivity index (χ0v) is 17.6. The first-order chi connectivity index (χ1) is 14.9. The molecule has 0 saturated heterocycles. The Balaban J connectivity index is 1.55. The fourth-order valence-corrected chi connectivity index (χ4v) is 2.96. The highest BCUT2D eigenvalue weighted by molar-refractivity contribution is 5.66. The highest BCUT2D eigenvalue weighted by Gasteiger charge is 2.31. The van der Waals surface area contributed by atoms with Crippen molar-refractivity contribution in [2.45, 2.75) is 45.5 Å². The van der Waals surface area contributed by atoms with E-state index in [1.54, 1.807) is 30.1 Å². The third-order valence-corrected chi connectivity index (χ3v) is 4.35. The molecule has 1 unspecified atom stereocenters. The first kappa shape index (κ1) is 22.4. The number of aromatic nitrogens is 3. The van der Waals surface area contributed by atoms with Gasteiger partial charge >= 0.3 is 11.9 Å². The Morgan fingerprint density at radius 2 is 2.03 bits per heavy atom. The summed E-state index contributed by atoms with van der Waals surface area (Å²) in [6.07, 6.45) is 3.02. The van der Waals surface area contributed by atoms with Crippen LogP contribution in [-0.2, 0) is 41.7 Å². The third-order valence-electron chi connectivity index (χ3n) is 4.35. The lowest BCUT2D eigenvalue weighted by molar-refractivity contribution is -0.200. The van der Waals surface area contributed by atoms with Crippen LogP contribution >= 0.6 is 0 Å². The lowest BCUT2D eigenvalue weighted by Crippen LogP contribution is -2.42. The number of nitrogens with zero attached hydrogens (tertiary/aromatic N) is 3. The van der Waals surface area contributed by atoms with E-state index in [0.717, 1.165) is 11.3 Å². The molecule has 0 radical (unpaired) electrons. The van der Waals surface area contributed by atoms with Gasteiger partial charge in [0.05, 0.1) is 26.5 Å². The maximum Gasteiger partial charge on any atom is 0.303 e. The summed E-state index contributed by atoms with van der Waals surface area (Å²) in [6, 6.07) is 7.70. The number of esters is 2. The van der Waals surface area contributed by atoms with Gasteiger partial charge in [0.2, 0.25) is 0 Å². The standard InChI is InChI=1S/C21H25N3O7/c1-14(25)28-13-20-19(30-15(2)26)7-8-21(31-20)29-12-17-11-24(23-22-17)10-16-5-4-6-18(9-16)27-3/h4-9,11,19-21H,10,12-13H2,1-3H3/t19-,20+,21?/m0/s1. The Labute approximate surface area is 179 Å². The molecule has 0 fully saturated rings. The van der Waals surface area contributed by atoms with Gasteiger partial charge in [0.15, 0.2) is 6.29 Å². The molecule has 0 aliphatic carbocycles. The minimum Gasteiger partial charge on any atom is -0.497 e. The van der Waals surface area contributed by atoms with E-state index in [2.05, 4.69) is 10.3 Å². The molecule has 0 N–H and O–H groups in total. The maximum atomic E-state index is 11.3. The van der Waals surface area contributed by atoms with Crippen molar-refractivity contribution in [3.05, 3.63) is 53.9 Å². The molecule has 1 aromatic heterocycles. The van der Waals surface area contributed by atoms with Crippen LogP contribution in [0, 0.1) is 0 Å². The molecule has 3 rings (SSSR count). The van der Waals surface area contributed by atoms with Crippen molar-refractivity contribution in [1.29, 1.82) is 0 Å². The average Bonchev–Trinajstić information content (AvgIpc) is 3.19. The van der Waals surface area contributed by atoms with Crippen LogP contribution in [0.2, 0.25) is 0 Å². The highest BCUT2D eigenvalue weighted by Crippen LogP contribution is 2.19. The molecule has 0 amide bonds. The van der Waals surface area contributed by atoms with E-state index < -0.39 is 30.4 Å². The van der Waals surface area contributed by atoms with Crippen molar-refractivity contribution < 1.29 is 33.3 Å². The number of hydrogen-bond acceptors (Lipinski definition) is 9. The van der Waals surface area contributed by atoms with Gasteiger partial charge in [-0.2, -0.15) is 0 Å². The van der Waals surface area contributed by atoms with Gasteiger partial charge in [-0.15, -0.1) is 5.10 Å². The lowest BCUT2D eigenvalue weighted by atomic mass is 10.1. The summed E-state index contributed by atoms with van der Waals surface area (Å²) in [4.78, 5) is 22.4. The molecule has 1 aliphatic heterocycles. The Bertz CT molecular complexity index is 927. The van der Waals surface area contributed by atoms with Crippen LogP contribution in [0.4, 0.5) is 0 Å². The van der Waals surface area contributed by atoms with Crippen molar-refractivity contribution in [2.75, 3.05) is 13.7 Å². The molecule has 1 aromatic carbocycles. The van der Waals surface area contributed by atoms with E-state index in [1.807, 2.05) is 24.3 Å². The van der Waals surface area contributed by atoms with Gasteiger partial charge in [0, 0.05) is 13.8 Å². The number of rotatable bonds is 9. The number of benzene rings is 1. The normalized spacial score (nSPS) is 20.3. The van der Waals surface area contributed by atoms with Gasteiger partial charge in [-0.05, 0) is 29.8 Å². The summed E-state index contributed by atoms with van der Waals surface area (Å²) >= 11 is 0. The van der Waals surface area contributed by atoms with Gasteiger partial charge < -0.3 is 23.7 Å². The molecule has 10 nitrogen and oxygen atoms in total. The van der Waals surface area contributed by atoms with Crippen molar-refractivity contribution >= 4 is 11.9 Å². The molecule has 166 valence electrons. The van der Waals surface area contributed by atoms with E-state index >= 15 is 0 Å². The smallest absolute Gasteiger partial charge is 0.303 e. The minimum absolute atomic E-state index is 0.0613. The molecule has 0 bridgehead atoms. The van der Waals surface area contributed by atoms with Gasteiger partial charge in [-0.3, -0.25) is 9.59 Å². The molecule has 0 saturated carbocycles. The summed E-state index contributed by atoms with van der Waals surface area (Å²) in [5.41, 5.74) is 1.65. The molecule has 0 spiro atoms. The van der Waals surface area contributed by atoms with E-state index in [-0.39, 0.29) is 13.2 Å². The predicted molar refractivity (Wildman–Crippen MR) is 107 cm³/mol. The topological polar surface area (TPSA) is 111 Å². The van der Waals surface area contributed by atoms with E-state index in [1.165, 1.54) is 13.8 Å². The Morgan fingerprint density at radius 1 is 1.19 bits per heavy atom. The highest BCUT2D eigenvalue weighted by atomic mass is 16.7. The summed E-state index contributed by atoms with van der Waals surface area (Å²) < 4.78 is 28.6. The molecule has 1 aliphatic rings. The van der Waals surface area contributed by atoms with E-state index in [9.17, 15) is 9.59 Å². The molecule has 31 heavy (non-hydrogen) atoms. The number of carbonyl (C=O) groups is 2. The fraction of sp³-hybridized carbons (Fsp3) is 0.429. The summed E-state index contributed by atoms with van der Waals surface area (Å²) in [5.74, 6) is -0.138. The predicted octanol–water partition coefficient (Wildman–Crippen LogP) is 1.63. The van der Waals surface area contributed by atoms with Crippen LogP contribution in [0.25, 0.3) is 0 Å². The zero-order chi connectivity index (χ0) is 22.2. The number of ether oxygens (including phenoxy) is 5. The summed E-state index contributed by atoms with van der Waals surface area (Å²) in [7, 11) is 1.62. The molecule has 3 atom stereocenters. The molecular formula is C21H25N3O7. The van der Waals surface area contributed by atoms with E-state index in [0.29, 0.717) is 12.2 Å². The Hall–Kier alpha value is -3.24. The summed E-state index contributed by atoms with van der Waals surface area (Å²) in [5, 5.41) is 8.22. The number of carbonyl (C=O) groups excluding carboxylic acids is 2. The van der Waals surface area contributed by atoms with Gasteiger partial charge in [-0.25, -0.2) is 4.68 Å². The van der Waals surface area contributed by atoms with Crippen molar-refractivity contribution in [1.82, 2.24) is 15.0 Å². The third kappa shape index (κ3) is 6.90. The number of hydrogen-bond donors (Lipinski definition) is 0. The van der Waals surface area contributed by atoms with Crippen molar-refractivity contribution in [3.63, 3.8) is 0 Å². The Kier molecular flexibility index (Phi) is 7.74. The molecule has 2 aromatic rings. The SMILES string of the molecule is COc1cccc(Cn2cc(COC3C=C[C@H](OC(C)=O)[C@@H](COC(C)=O)O3)nn2)c1. The molecule has 10 heteroatoms. The van der Waals surface area contributed by atoms with Gasteiger partial charge in [-0.1, -0.05) is 17.3 Å². The van der Waals surface area contributed by atoms with Crippen LogP contribution < -0.4 is 4.74 Å². The monoisotopic (exact) mass is 431 g/mol. The quantitative estimate of drug-likeness (QED) is 0.432. The minimum atomic E-state index is -0.712. The van der Waals surface area contributed by atoms with Crippen LogP contribution in [0.1, 0.15) is 25.1 Å². The largest absolute Gasteiger partial charge is 0.497 e.